The van der Waals surface area contributed by atoms with Crippen molar-refractivity contribution >= 4 is 43.3 Å². The number of fused-ring (bicyclic) bond motifs is 1. The first kappa shape index (κ1) is 24.5. The van der Waals surface area contributed by atoms with Gasteiger partial charge < -0.3 is 20.5 Å². The van der Waals surface area contributed by atoms with E-state index < -0.39 is 10.0 Å². The van der Waals surface area contributed by atoms with Gasteiger partial charge in [0.05, 0.1) is 40.5 Å². The number of nitrogen functional groups attached to an aromatic ring is 1. The average molecular weight is 528 g/mol. The zero-order chi connectivity index (χ0) is 25.3. The molecule has 1 aromatic carbocycles. The van der Waals surface area contributed by atoms with E-state index >= 15 is 0 Å². The van der Waals surface area contributed by atoms with Crippen molar-refractivity contribution < 1.29 is 18.3 Å². The zero-order valence-electron chi connectivity index (χ0n) is 19.5. The molecule has 0 atom stereocenters. The lowest BCUT2D eigenvalue weighted by atomic mass is 10.1. The fraction of sp³-hybridized carbons (Fsp3) is 0.304. The first-order valence-electron chi connectivity index (χ1n) is 11.3. The van der Waals surface area contributed by atoms with E-state index in [2.05, 4.69) is 19.6 Å². The number of thiophene rings is 1. The average Bonchev–Trinajstić information content (AvgIpc) is 3.24. The predicted octanol–water partition coefficient (Wildman–Crippen LogP) is 1.81. The standard InChI is InChI=1S/C23H25N7O4S2/c1-14-18-20(35-19(14)16-4-2-3-5-17(16)36(32,33)27-6-9-31)22(30-7-10-34-11-8-30)29-21(28-18)15-12-25-23(24)26-13-15/h2-5,12-13,27,31H,6-11H2,1H3,(H2,24,25,26). The van der Waals surface area contributed by atoms with Gasteiger partial charge in [-0.2, -0.15) is 0 Å². The van der Waals surface area contributed by atoms with E-state index in [1.807, 2.05) is 6.92 Å². The van der Waals surface area contributed by atoms with E-state index in [9.17, 15) is 8.42 Å². The molecule has 4 heterocycles. The van der Waals surface area contributed by atoms with E-state index in [0.29, 0.717) is 43.3 Å². The van der Waals surface area contributed by atoms with E-state index in [4.69, 9.17) is 25.5 Å². The number of aliphatic hydroxyl groups is 1. The lowest BCUT2D eigenvalue weighted by Crippen LogP contribution is -2.36. The van der Waals surface area contributed by atoms with Crippen LogP contribution in [0.25, 0.3) is 32.0 Å². The quantitative estimate of drug-likeness (QED) is 0.324. The van der Waals surface area contributed by atoms with Crippen LogP contribution in [0.15, 0.2) is 41.6 Å². The summed E-state index contributed by atoms with van der Waals surface area (Å²) in [5.74, 6) is 1.38. The minimum Gasteiger partial charge on any atom is -0.395 e. The van der Waals surface area contributed by atoms with Gasteiger partial charge in [0.15, 0.2) is 11.6 Å². The number of aliphatic hydroxyl groups excluding tert-OH is 1. The number of nitrogens with two attached hydrogens (primary N) is 1. The number of benzene rings is 1. The molecule has 0 amide bonds. The molecule has 1 aliphatic heterocycles. The van der Waals surface area contributed by atoms with Crippen LogP contribution in [0, 0.1) is 6.92 Å². The van der Waals surface area contributed by atoms with Gasteiger partial charge in [0.1, 0.15) is 0 Å². The maximum atomic E-state index is 13.0. The number of nitrogens with zero attached hydrogens (tertiary/aromatic N) is 5. The Morgan fingerprint density at radius 1 is 1.17 bits per heavy atom. The molecule has 0 unspecified atom stereocenters. The van der Waals surface area contributed by atoms with Gasteiger partial charge >= 0.3 is 0 Å². The third-order valence-electron chi connectivity index (χ3n) is 5.81. The molecule has 0 saturated carbocycles. The van der Waals surface area contributed by atoms with Gasteiger partial charge in [-0.15, -0.1) is 11.3 Å². The SMILES string of the molecule is Cc1c(-c2ccccc2S(=O)(=O)NCCO)sc2c(N3CCOCC3)nc(-c3cnc(N)nc3)nc12. The second kappa shape index (κ2) is 10.0. The molecule has 5 rings (SSSR count). The number of ether oxygens (including phenoxy) is 1. The zero-order valence-corrected chi connectivity index (χ0v) is 21.1. The number of aromatic nitrogens is 4. The van der Waals surface area contributed by atoms with Crippen LogP contribution in [0.3, 0.4) is 0 Å². The summed E-state index contributed by atoms with van der Waals surface area (Å²) < 4.78 is 34.8. The Labute approximate surface area is 212 Å². The highest BCUT2D eigenvalue weighted by atomic mass is 32.2. The van der Waals surface area contributed by atoms with Gasteiger partial charge in [-0.1, -0.05) is 18.2 Å². The van der Waals surface area contributed by atoms with Gasteiger partial charge in [0, 0.05) is 42.5 Å². The fourth-order valence-electron chi connectivity index (χ4n) is 4.05. The predicted molar refractivity (Wildman–Crippen MR) is 138 cm³/mol. The number of morpholine rings is 1. The molecule has 188 valence electrons. The lowest BCUT2D eigenvalue weighted by Gasteiger charge is -2.28. The van der Waals surface area contributed by atoms with Crippen molar-refractivity contribution in [3.8, 4) is 21.8 Å². The van der Waals surface area contributed by atoms with Crippen LogP contribution < -0.4 is 15.4 Å². The summed E-state index contributed by atoms with van der Waals surface area (Å²) in [6.07, 6.45) is 3.17. The number of aryl methyl sites for hydroxylation is 1. The van der Waals surface area contributed by atoms with Crippen molar-refractivity contribution in [2.24, 2.45) is 0 Å². The molecule has 1 aliphatic rings. The molecule has 0 bridgehead atoms. The van der Waals surface area contributed by atoms with Crippen molar-refractivity contribution in [2.75, 3.05) is 50.1 Å². The molecule has 3 aromatic heterocycles. The van der Waals surface area contributed by atoms with E-state index in [1.165, 1.54) is 11.3 Å². The number of hydrogen-bond donors (Lipinski definition) is 3. The summed E-state index contributed by atoms with van der Waals surface area (Å²) in [5.41, 5.74) is 8.43. The van der Waals surface area contributed by atoms with E-state index in [1.54, 1.807) is 36.7 Å². The summed E-state index contributed by atoms with van der Waals surface area (Å²) in [7, 11) is -3.84. The smallest absolute Gasteiger partial charge is 0.241 e. The molecule has 1 fully saturated rings. The van der Waals surface area contributed by atoms with E-state index in [-0.39, 0.29) is 24.0 Å². The van der Waals surface area contributed by atoms with Crippen LogP contribution in [0.5, 0.6) is 0 Å². The molecule has 11 nitrogen and oxygen atoms in total. The van der Waals surface area contributed by atoms with E-state index in [0.717, 1.165) is 26.5 Å². The molecular weight excluding hydrogens is 502 g/mol. The Morgan fingerprint density at radius 2 is 1.89 bits per heavy atom. The molecule has 0 radical (unpaired) electrons. The van der Waals surface area contributed by atoms with Crippen molar-refractivity contribution in [3.63, 3.8) is 0 Å². The van der Waals surface area contributed by atoms with Crippen LogP contribution >= 0.6 is 11.3 Å². The Bertz CT molecular complexity index is 1500. The van der Waals surface area contributed by atoms with Crippen LogP contribution in [-0.4, -0.2) is 72.9 Å². The summed E-state index contributed by atoms with van der Waals surface area (Å²) in [4.78, 5) is 21.0. The molecular formula is C23H25N7O4S2. The summed E-state index contributed by atoms with van der Waals surface area (Å²) in [6.45, 7) is 4.08. The summed E-state index contributed by atoms with van der Waals surface area (Å²) >= 11 is 1.46. The molecule has 0 aliphatic carbocycles. The third kappa shape index (κ3) is 4.63. The van der Waals surface area contributed by atoms with Crippen LogP contribution in [-0.2, 0) is 14.8 Å². The largest absolute Gasteiger partial charge is 0.395 e. The Hall–Kier alpha value is -3.23. The van der Waals surface area contributed by atoms with Gasteiger partial charge in [-0.25, -0.2) is 33.1 Å². The number of hydrogen-bond acceptors (Lipinski definition) is 11. The van der Waals surface area contributed by atoms with Crippen molar-refractivity contribution in [3.05, 3.63) is 42.2 Å². The minimum atomic E-state index is -3.84. The molecule has 1 saturated heterocycles. The summed E-state index contributed by atoms with van der Waals surface area (Å²) in [6, 6.07) is 6.82. The van der Waals surface area contributed by atoms with Gasteiger partial charge in [-0.05, 0) is 18.6 Å². The maximum Gasteiger partial charge on any atom is 0.241 e. The normalized spacial score (nSPS) is 14.4. The second-order valence-electron chi connectivity index (χ2n) is 8.15. The topological polar surface area (TPSA) is 156 Å². The maximum absolute atomic E-state index is 13.0. The van der Waals surface area contributed by atoms with Gasteiger partial charge in [0.25, 0.3) is 0 Å². The Kier molecular flexibility index (Phi) is 6.81. The highest BCUT2D eigenvalue weighted by Crippen LogP contribution is 2.43. The molecule has 4 aromatic rings. The molecule has 0 spiro atoms. The second-order valence-corrected chi connectivity index (χ2v) is 10.9. The minimum absolute atomic E-state index is 0.0677. The highest BCUT2D eigenvalue weighted by Gasteiger charge is 2.26. The van der Waals surface area contributed by atoms with Crippen LogP contribution in [0.1, 0.15) is 5.56 Å². The third-order valence-corrected chi connectivity index (χ3v) is 8.64. The Morgan fingerprint density at radius 3 is 2.61 bits per heavy atom. The molecule has 4 N–H and O–H groups in total. The van der Waals surface area contributed by atoms with Crippen LogP contribution in [0.2, 0.25) is 0 Å². The number of sulfonamides is 1. The fourth-order valence-corrected chi connectivity index (χ4v) is 6.65. The molecule has 13 heteroatoms. The monoisotopic (exact) mass is 527 g/mol. The number of anilines is 2. The first-order chi connectivity index (χ1) is 17.4. The summed E-state index contributed by atoms with van der Waals surface area (Å²) in [5, 5.41) is 9.12. The van der Waals surface area contributed by atoms with Crippen molar-refractivity contribution in [1.82, 2.24) is 24.7 Å². The van der Waals surface area contributed by atoms with Crippen molar-refractivity contribution in [2.45, 2.75) is 11.8 Å². The first-order valence-corrected chi connectivity index (χ1v) is 13.6. The van der Waals surface area contributed by atoms with Gasteiger partial charge in [0.2, 0.25) is 16.0 Å². The van der Waals surface area contributed by atoms with Crippen LogP contribution in [0.4, 0.5) is 11.8 Å². The van der Waals surface area contributed by atoms with Gasteiger partial charge in [-0.3, -0.25) is 0 Å². The Balaban J connectivity index is 1.72. The highest BCUT2D eigenvalue weighted by molar-refractivity contribution is 7.89. The lowest BCUT2D eigenvalue weighted by molar-refractivity contribution is 0.122. The number of rotatable bonds is 7. The number of nitrogens with one attached hydrogen (secondary N) is 1. The van der Waals surface area contributed by atoms with Crippen molar-refractivity contribution in [1.29, 1.82) is 0 Å². The molecule has 36 heavy (non-hydrogen) atoms.